The lowest BCUT2D eigenvalue weighted by Gasteiger charge is -2.25. The summed E-state index contributed by atoms with van der Waals surface area (Å²) in [6.45, 7) is 1.77. The van der Waals surface area contributed by atoms with Crippen molar-refractivity contribution in [2.45, 2.75) is 12.6 Å². The molecule has 1 aliphatic rings. The fourth-order valence-corrected chi connectivity index (χ4v) is 3.73. The first-order valence-electron chi connectivity index (χ1n) is 6.80. The molecule has 0 radical (unpaired) electrons. The Hall–Kier alpha value is -1.69. The molecule has 6 heteroatoms. The third kappa shape index (κ3) is 2.27. The van der Waals surface area contributed by atoms with Crippen LogP contribution in [0.3, 0.4) is 0 Å². The number of nitrogens with one attached hydrogen (secondary N) is 1. The van der Waals surface area contributed by atoms with E-state index in [9.17, 15) is 0 Å². The second-order valence-corrected chi connectivity index (χ2v) is 6.65. The van der Waals surface area contributed by atoms with Crippen LogP contribution in [0.2, 0.25) is 4.34 Å². The highest BCUT2D eigenvalue weighted by atomic mass is 35.5. The summed E-state index contributed by atoms with van der Waals surface area (Å²) in [5.41, 5.74) is 1.21. The summed E-state index contributed by atoms with van der Waals surface area (Å²) < 4.78 is 2.96. The maximum Gasteiger partial charge on any atom is 0.174 e. The van der Waals surface area contributed by atoms with Crippen LogP contribution < -0.4 is 5.32 Å². The average molecular weight is 317 g/mol. The number of halogens is 1. The number of nitrogens with zero attached hydrogens (tertiary/aromatic N) is 3. The lowest BCUT2D eigenvalue weighted by Crippen LogP contribution is -2.34. The van der Waals surface area contributed by atoms with Gasteiger partial charge in [0.2, 0.25) is 0 Å². The predicted octanol–water partition coefficient (Wildman–Crippen LogP) is 3.35. The van der Waals surface area contributed by atoms with E-state index in [0.717, 1.165) is 34.0 Å². The van der Waals surface area contributed by atoms with Crippen LogP contribution in [0, 0.1) is 0 Å². The Morgan fingerprint density at radius 2 is 2.00 bits per heavy atom. The van der Waals surface area contributed by atoms with Crippen LogP contribution in [0.1, 0.15) is 17.4 Å². The minimum Gasteiger partial charge on any atom is -0.307 e. The number of hydrogen-bond acceptors (Lipinski definition) is 4. The van der Waals surface area contributed by atoms with Crippen molar-refractivity contribution in [3.63, 3.8) is 0 Å². The molecule has 0 fully saturated rings. The third-order valence-corrected chi connectivity index (χ3v) is 4.88. The van der Waals surface area contributed by atoms with Gasteiger partial charge in [0.05, 0.1) is 15.3 Å². The predicted molar refractivity (Wildman–Crippen MR) is 84.6 cm³/mol. The van der Waals surface area contributed by atoms with E-state index in [1.807, 2.05) is 30.3 Å². The van der Waals surface area contributed by atoms with Crippen LogP contribution >= 0.6 is 22.9 Å². The van der Waals surface area contributed by atoms with Gasteiger partial charge in [-0.3, -0.25) is 0 Å². The Labute approximate surface area is 131 Å². The first-order valence-corrected chi connectivity index (χ1v) is 7.99. The summed E-state index contributed by atoms with van der Waals surface area (Å²) in [7, 11) is 0. The molecule has 0 amide bonds. The summed E-state index contributed by atoms with van der Waals surface area (Å²) in [5.74, 6) is 1.87. The molecule has 0 saturated heterocycles. The first kappa shape index (κ1) is 13.0. The summed E-state index contributed by atoms with van der Waals surface area (Å²) >= 11 is 7.57. The highest BCUT2D eigenvalue weighted by Crippen LogP contribution is 2.33. The summed E-state index contributed by atoms with van der Waals surface area (Å²) in [4.78, 5) is 1.06. The van der Waals surface area contributed by atoms with Gasteiger partial charge in [-0.25, -0.2) is 0 Å². The van der Waals surface area contributed by atoms with E-state index in [4.69, 9.17) is 11.6 Å². The molecule has 4 rings (SSSR count). The summed E-state index contributed by atoms with van der Waals surface area (Å²) in [6, 6.07) is 14.3. The molecule has 0 bridgehead atoms. The fourth-order valence-electron chi connectivity index (χ4n) is 2.69. The van der Waals surface area contributed by atoms with Gasteiger partial charge < -0.3 is 9.88 Å². The van der Waals surface area contributed by atoms with Crippen LogP contribution in [-0.2, 0) is 6.54 Å². The van der Waals surface area contributed by atoms with Gasteiger partial charge in [-0.2, -0.15) is 0 Å². The third-order valence-electron chi connectivity index (χ3n) is 3.65. The average Bonchev–Trinajstić information content (AvgIpc) is 3.13. The van der Waals surface area contributed by atoms with Gasteiger partial charge in [0.1, 0.15) is 0 Å². The molecule has 0 saturated carbocycles. The van der Waals surface area contributed by atoms with Crippen LogP contribution in [0.25, 0.3) is 10.7 Å². The van der Waals surface area contributed by atoms with Gasteiger partial charge in [0.25, 0.3) is 0 Å². The molecule has 0 aliphatic carbocycles. The van der Waals surface area contributed by atoms with Gasteiger partial charge in [0, 0.05) is 13.1 Å². The molecule has 1 aromatic carbocycles. The maximum atomic E-state index is 6.03. The zero-order chi connectivity index (χ0) is 14.2. The Balaban J connectivity index is 1.79. The molecule has 106 valence electrons. The summed E-state index contributed by atoms with van der Waals surface area (Å²) in [6.07, 6.45) is 0. The largest absolute Gasteiger partial charge is 0.307 e. The molecule has 4 nitrogen and oxygen atoms in total. The SMILES string of the molecule is Clc1ccc(-c2nnc3n2CCNC3c2ccccc2)s1. The van der Waals surface area contributed by atoms with E-state index < -0.39 is 0 Å². The Morgan fingerprint density at radius 3 is 2.76 bits per heavy atom. The quantitative estimate of drug-likeness (QED) is 0.788. The lowest BCUT2D eigenvalue weighted by molar-refractivity contribution is 0.458. The fraction of sp³-hybridized carbons (Fsp3) is 0.200. The Kier molecular flexibility index (Phi) is 3.25. The number of rotatable bonds is 2. The van der Waals surface area contributed by atoms with Crippen LogP contribution in [-0.4, -0.2) is 21.3 Å². The topological polar surface area (TPSA) is 42.7 Å². The zero-order valence-electron chi connectivity index (χ0n) is 11.2. The van der Waals surface area contributed by atoms with Crippen molar-refractivity contribution in [2.24, 2.45) is 0 Å². The standard InChI is InChI=1S/C15H13ClN4S/c16-12-7-6-11(21-12)14-18-19-15-13(17-8-9-20(14)15)10-4-2-1-3-5-10/h1-7,13,17H,8-9H2. The van der Waals surface area contributed by atoms with Crippen molar-refractivity contribution < 1.29 is 0 Å². The molecule has 1 atom stereocenters. The van der Waals surface area contributed by atoms with Crippen molar-refractivity contribution >= 4 is 22.9 Å². The molecule has 1 N–H and O–H groups in total. The molecule has 3 heterocycles. The minimum absolute atomic E-state index is 0.0941. The Morgan fingerprint density at radius 1 is 1.14 bits per heavy atom. The smallest absolute Gasteiger partial charge is 0.174 e. The number of thiophene rings is 1. The second kappa shape index (κ2) is 5.26. The second-order valence-electron chi connectivity index (χ2n) is 4.94. The number of fused-ring (bicyclic) bond motifs is 1. The van der Waals surface area contributed by atoms with Gasteiger partial charge in [-0.1, -0.05) is 41.9 Å². The van der Waals surface area contributed by atoms with Gasteiger partial charge in [0.15, 0.2) is 11.6 Å². The molecule has 2 aromatic heterocycles. The zero-order valence-corrected chi connectivity index (χ0v) is 12.7. The van der Waals surface area contributed by atoms with E-state index in [1.54, 1.807) is 0 Å². The first-order chi connectivity index (χ1) is 10.3. The molecular weight excluding hydrogens is 304 g/mol. The molecule has 1 unspecified atom stereocenters. The van der Waals surface area contributed by atoms with Crippen LogP contribution in [0.5, 0.6) is 0 Å². The monoisotopic (exact) mass is 316 g/mol. The maximum absolute atomic E-state index is 6.03. The summed E-state index contributed by atoms with van der Waals surface area (Å²) in [5, 5.41) is 12.3. The number of hydrogen-bond donors (Lipinski definition) is 1. The minimum atomic E-state index is 0.0941. The van der Waals surface area contributed by atoms with Crippen LogP contribution in [0.15, 0.2) is 42.5 Å². The van der Waals surface area contributed by atoms with Crippen molar-refractivity contribution in [1.82, 2.24) is 20.1 Å². The molecular formula is C15H13ClN4S. The van der Waals surface area contributed by atoms with Crippen molar-refractivity contribution in [3.05, 3.63) is 58.2 Å². The van der Waals surface area contributed by atoms with Gasteiger partial charge >= 0.3 is 0 Å². The molecule has 21 heavy (non-hydrogen) atoms. The van der Waals surface area contributed by atoms with Gasteiger partial charge in [-0.15, -0.1) is 21.5 Å². The van der Waals surface area contributed by atoms with Gasteiger partial charge in [-0.05, 0) is 17.7 Å². The van der Waals surface area contributed by atoms with E-state index in [0.29, 0.717) is 0 Å². The van der Waals surface area contributed by atoms with E-state index in [2.05, 4.69) is 32.2 Å². The highest BCUT2D eigenvalue weighted by Gasteiger charge is 2.26. The molecule has 1 aliphatic heterocycles. The highest BCUT2D eigenvalue weighted by molar-refractivity contribution is 7.19. The van der Waals surface area contributed by atoms with Crippen LogP contribution in [0.4, 0.5) is 0 Å². The van der Waals surface area contributed by atoms with Crippen molar-refractivity contribution in [3.8, 4) is 10.7 Å². The van der Waals surface area contributed by atoms with E-state index >= 15 is 0 Å². The lowest BCUT2D eigenvalue weighted by atomic mass is 10.1. The molecule has 3 aromatic rings. The molecule has 0 spiro atoms. The number of benzene rings is 1. The normalized spacial score (nSPS) is 17.7. The number of aromatic nitrogens is 3. The van der Waals surface area contributed by atoms with E-state index in [1.165, 1.54) is 16.9 Å². The van der Waals surface area contributed by atoms with E-state index in [-0.39, 0.29) is 6.04 Å². The van der Waals surface area contributed by atoms with Crippen molar-refractivity contribution in [1.29, 1.82) is 0 Å². The van der Waals surface area contributed by atoms with Crippen molar-refractivity contribution in [2.75, 3.05) is 6.54 Å². The Bertz CT molecular complexity index is 765.